The highest BCUT2D eigenvalue weighted by Crippen LogP contribution is 1.62. The third-order valence-corrected chi connectivity index (χ3v) is 0.538. The van der Waals surface area contributed by atoms with Crippen molar-refractivity contribution in [3.8, 4) is 0 Å². The van der Waals surface area contributed by atoms with E-state index in [0.717, 1.165) is 0 Å². The zero-order valence-corrected chi connectivity index (χ0v) is 4.72. The van der Waals surface area contributed by atoms with Crippen molar-refractivity contribution in [2.24, 2.45) is 0 Å². The van der Waals surface area contributed by atoms with Crippen molar-refractivity contribution >= 4 is 5.97 Å². The molecule has 0 aliphatic carbocycles. The van der Waals surface area contributed by atoms with E-state index in [2.05, 4.69) is 5.32 Å². The van der Waals surface area contributed by atoms with Gasteiger partial charge >= 0.3 is 5.97 Å². The lowest BCUT2D eigenvalue weighted by atomic mass is 10.6. The molecular weight excluding hydrogens is 106 g/mol. The van der Waals surface area contributed by atoms with Crippen LogP contribution in [0.1, 0.15) is 6.92 Å². The molecule has 0 bridgehead atoms. The molecule has 2 N–H and O–H groups in total. The lowest BCUT2D eigenvalue weighted by Gasteiger charge is -1.89. The summed E-state index contributed by atoms with van der Waals surface area (Å²) in [6.45, 7) is 1.80. The smallest absolute Gasteiger partial charge is 0.322 e. The highest BCUT2D eigenvalue weighted by Gasteiger charge is 1.87. The first-order valence-corrected chi connectivity index (χ1v) is 2.33. The van der Waals surface area contributed by atoms with Gasteiger partial charge in [-0.3, -0.25) is 4.79 Å². The van der Waals surface area contributed by atoms with Gasteiger partial charge in [0, 0.05) is 0 Å². The lowest BCUT2D eigenvalue weighted by Crippen LogP contribution is -2.16. The van der Waals surface area contributed by atoms with Gasteiger partial charge in [0.15, 0.2) is 0 Å². The number of carboxylic acid groups (broad SMARTS) is 1. The van der Waals surface area contributed by atoms with Gasteiger partial charge in [0.05, 0.1) is 0 Å². The zero-order chi connectivity index (χ0) is 6.41. The molecule has 0 heterocycles. The van der Waals surface area contributed by atoms with Gasteiger partial charge < -0.3 is 10.4 Å². The SMILES string of the molecule is C/C=C/NCC(=O)O. The van der Waals surface area contributed by atoms with Crippen LogP contribution in [-0.2, 0) is 4.79 Å². The van der Waals surface area contributed by atoms with Crippen LogP contribution in [0.4, 0.5) is 0 Å². The number of hydrogen-bond acceptors (Lipinski definition) is 2. The van der Waals surface area contributed by atoms with Gasteiger partial charge in [-0.05, 0) is 13.1 Å². The number of rotatable bonds is 3. The summed E-state index contributed by atoms with van der Waals surface area (Å²) in [6, 6.07) is 0. The summed E-state index contributed by atoms with van der Waals surface area (Å²) in [5.41, 5.74) is 0. The maximum absolute atomic E-state index is 9.78. The zero-order valence-electron chi connectivity index (χ0n) is 4.72. The van der Waals surface area contributed by atoms with Crippen LogP contribution >= 0.6 is 0 Å². The summed E-state index contributed by atoms with van der Waals surface area (Å²) in [6.07, 6.45) is 3.33. The quantitative estimate of drug-likeness (QED) is 0.552. The molecule has 0 amide bonds. The minimum absolute atomic E-state index is 0.00958. The maximum Gasteiger partial charge on any atom is 0.322 e. The molecule has 0 aromatic carbocycles. The molecule has 8 heavy (non-hydrogen) atoms. The second-order valence-electron chi connectivity index (χ2n) is 1.27. The summed E-state index contributed by atoms with van der Waals surface area (Å²) >= 11 is 0. The van der Waals surface area contributed by atoms with Crippen molar-refractivity contribution < 1.29 is 9.90 Å². The normalized spacial score (nSPS) is 9.62. The van der Waals surface area contributed by atoms with Gasteiger partial charge in [0.2, 0.25) is 0 Å². The Morgan fingerprint density at radius 3 is 2.88 bits per heavy atom. The summed E-state index contributed by atoms with van der Waals surface area (Å²) in [7, 11) is 0. The fourth-order valence-electron chi connectivity index (χ4n) is 0.264. The summed E-state index contributed by atoms with van der Waals surface area (Å²) < 4.78 is 0. The van der Waals surface area contributed by atoms with E-state index >= 15 is 0 Å². The molecule has 46 valence electrons. The van der Waals surface area contributed by atoms with Crippen molar-refractivity contribution in [3.05, 3.63) is 12.3 Å². The molecule has 0 saturated carbocycles. The number of carboxylic acids is 1. The summed E-state index contributed by atoms with van der Waals surface area (Å²) in [5.74, 6) is -0.844. The van der Waals surface area contributed by atoms with Crippen molar-refractivity contribution in [2.75, 3.05) is 6.54 Å². The largest absolute Gasteiger partial charge is 0.480 e. The van der Waals surface area contributed by atoms with Crippen LogP contribution in [0, 0.1) is 0 Å². The molecule has 0 aromatic rings. The van der Waals surface area contributed by atoms with Crippen LogP contribution < -0.4 is 5.32 Å². The van der Waals surface area contributed by atoms with E-state index in [1.165, 1.54) is 0 Å². The highest BCUT2D eigenvalue weighted by molar-refractivity contribution is 5.69. The van der Waals surface area contributed by atoms with Crippen LogP contribution in [0.25, 0.3) is 0 Å². The van der Waals surface area contributed by atoms with E-state index in [4.69, 9.17) is 5.11 Å². The number of carbonyl (C=O) groups is 1. The average Bonchev–Trinajstić information content (AvgIpc) is 1.66. The number of aliphatic carboxylic acids is 1. The fourth-order valence-corrected chi connectivity index (χ4v) is 0.264. The van der Waals surface area contributed by atoms with Crippen molar-refractivity contribution in [1.29, 1.82) is 0 Å². The van der Waals surface area contributed by atoms with E-state index in [1.807, 2.05) is 6.92 Å². The second kappa shape index (κ2) is 4.18. The van der Waals surface area contributed by atoms with E-state index in [9.17, 15) is 4.79 Å². The van der Waals surface area contributed by atoms with Gasteiger partial charge in [-0.15, -0.1) is 0 Å². The Balaban J connectivity index is 3.05. The number of hydrogen-bond donors (Lipinski definition) is 2. The van der Waals surface area contributed by atoms with Gasteiger partial charge in [-0.25, -0.2) is 0 Å². The Morgan fingerprint density at radius 2 is 2.50 bits per heavy atom. The molecule has 0 spiro atoms. The molecule has 0 aliphatic rings. The van der Waals surface area contributed by atoms with Crippen LogP contribution in [-0.4, -0.2) is 17.6 Å². The molecule has 0 unspecified atom stereocenters. The minimum Gasteiger partial charge on any atom is -0.480 e. The third-order valence-electron chi connectivity index (χ3n) is 0.538. The molecular formula is C5H9NO2. The van der Waals surface area contributed by atoms with Crippen LogP contribution in [0.3, 0.4) is 0 Å². The van der Waals surface area contributed by atoms with E-state index in [0.29, 0.717) is 0 Å². The van der Waals surface area contributed by atoms with Gasteiger partial charge in [0.25, 0.3) is 0 Å². The lowest BCUT2D eigenvalue weighted by molar-refractivity contribution is -0.135. The third kappa shape index (κ3) is 5.01. The van der Waals surface area contributed by atoms with Crippen LogP contribution in [0.5, 0.6) is 0 Å². The van der Waals surface area contributed by atoms with Gasteiger partial charge in [-0.1, -0.05) is 6.08 Å². The van der Waals surface area contributed by atoms with Gasteiger partial charge in [-0.2, -0.15) is 0 Å². The topological polar surface area (TPSA) is 49.3 Å². The van der Waals surface area contributed by atoms with Crippen molar-refractivity contribution in [2.45, 2.75) is 6.92 Å². The predicted octanol–water partition coefficient (Wildman–Crippen LogP) is 0.194. The van der Waals surface area contributed by atoms with Crippen LogP contribution in [0.2, 0.25) is 0 Å². The first-order valence-electron chi connectivity index (χ1n) is 2.33. The van der Waals surface area contributed by atoms with E-state index in [-0.39, 0.29) is 6.54 Å². The number of nitrogens with one attached hydrogen (secondary N) is 1. The minimum atomic E-state index is -0.844. The molecule has 0 atom stereocenters. The summed E-state index contributed by atoms with van der Waals surface area (Å²) in [5, 5.41) is 10.6. The van der Waals surface area contributed by atoms with E-state index in [1.54, 1.807) is 12.3 Å². The molecule has 3 nitrogen and oxygen atoms in total. The standard InChI is InChI=1S/C5H9NO2/c1-2-3-6-4-5(7)8/h2-3,6H,4H2,1H3,(H,7,8)/b3-2+. The molecule has 3 heteroatoms. The Labute approximate surface area is 48.0 Å². The molecule has 0 radical (unpaired) electrons. The van der Waals surface area contributed by atoms with Gasteiger partial charge in [0.1, 0.15) is 6.54 Å². The van der Waals surface area contributed by atoms with Crippen molar-refractivity contribution in [1.82, 2.24) is 5.32 Å². The van der Waals surface area contributed by atoms with Crippen LogP contribution in [0.15, 0.2) is 12.3 Å². The molecule has 0 rings (SSSR count). The molecule has 0 saturated heterocycles. The Morgan fingerprint density at radius 1 is 1.88 bits per heavy atom. The fraction of sp³-hybridized carbons (Fsp3) is 0.400. The Kier molecular flexibility index (Phi) is 3.66. The molecule has 0 aliphatic heterocycles. The molecule has 0 aromatic heterocycles. The Hall–Kier alpha value is -0.990. The highest BCUT2D eigenvalue weighted by atomic mass is 16.4. The predicted molar refractivity (Wildman–Crippen MR) is 30.5 cm³/mol. The van der Waals surface area contributed by atoms with Crippen molar-refractivity contribution in [3.63, 3.8) is 0 Å². The van der Waals surface area contributed by atoms with E-state index < -0.39 is 5.97 Å². The average molecular weight is 115 g/mol. The maximum atomic E-state index is 9.78. The Bertz CT molecular complexity index is 98.6. The summed E-state index contributed by atoms with van der Waals surface area (Å²) in [4.78, 5) is 9.78. The monoisotopic (exact) mass is 115 g/mol. The second-order valence-corrected chi connectivity index (χ2v) is 1.27. The number of allylic oxidation sites excluding steroid dienone is 1. The molecule has 0 fully saturated rings. The first kappa shape index (κ1) is 7.01. The first-order chi connectivity index (χ1) is 3.77.